The molecule has 28 heavy (non-hydrogen) atoms. The van der Waals surface area contributed by atoms with E-state index in [9.17, 15) is 0 Å². The monoisotopic (exact) mass is 499 g/mol. The topological polar surface area (TPSA) is 20.8 Å². The molecule has 0 spiro atoms. The van der Waals surface area contributed by atoms with Crippen LogP contribution in [0.4, 0.5) is 5.69 Å². The molecule has 142 valence electrons. The van der Waals surface area contributed by atoms with Crippen molar-refractivity contribution in [3.8, 4) is 5.69 Å². The molecule has 5 rings (SSSR count). The maximum Gasteiger partial charge on any atom is 0.259 e. The van der Waals surface area contributed by atoms with Crippen molar-refractivity contribution >= 4 is 28.5 Å². The van der Waals surface area contributed by atoms with Crippen LogP contribution in [0, 0.1) is 6.92 Å². The van der Waals surface area contributed by atoms with Crippen LogP contribution in [-0.2, 0) is 6.54 Å². The third-order valence-electron chi connectivity index (χ3n) is 5.30. The van der Waals surface area contributed by atoms with Crippen LogP contribution in [0.3, 0.4) is 0 Å². The first-order chi connectivity index (χ1) is 13.3. The number of aryl methyl sites for hydroxylation is 1. The number of fused-ring (bicyclic) bond motifs is 2. The number of halogens is 1. The second kappa shape index (κ2) is 7.79. The summed E-state index contributed by atoms with van der Waals surface area (Å²) in [5, 5.41) is 3.91. The number of imidazole rings is 1. The molecule has 1 unspecified atom stereocenters. The highest BCUT2D eigenvalue weighted by Crippen LogP contribution is 2.46. The number of rotatable bonds is 3. The van der Waals surface area contributed by atoms with Crippen LogP contribution in [0.2, 0.25) is 0 Å². The van der Waals surface area contributed by atoms with E-state index in [1.807, 2.05) is 11.8 Å². The lowest BCUT2D eigenvalue weighted by atomic mass is 10.2. The Morgan fingerprint density at radius 3 is 2.50 bits per heavy atom. The molecule has 0 saturated carbocycles. The Morgan fingerprint density at radius 2 is 1.75 bits per heavy atom. The number of anilines is 1. The molecule has 5 heteroatoms. The summed E-state index contributed by atoms with van der Waals surface area (Å²) < 4.78 is 4.76. The van der Waals surface area contributed by atoms with E-state index in [1.165, 1.54) is 38.7 Å². The van der Waals surface area contributed by atoms with Gasteiger partial charge in [0.05, 0.1) is 6.54 Å². The van der Waals surface area contributed by atoms with Crippen molar-refractivity contribution in [2.75, 3.05) is 5.32 Å². The summed E-state index contributed by atoms with van der Waals surface area (Å²) in [6.45, 7) is 5.37. The van der Waals surface area contributed by atoms with Crippen molar-refractivity contribution < 1.29 is 28.5 Å². The van der Waals surface area contributed by atoms with Gasteiger partial charge >= 0.3 is 0 Å². The maximum atomic E-state index is 3.65. The fourth-order valence-corrected chi connectivity index (χ4v) is 5.15. The molecule has 1 aliphatic heterocycles. The zero-order chi connectivity index (χ0) is 18.4. The van der Waals surface area contributed by atoms with Crippen LogP contribution in [0.1, 0.15) is 23.7 Å². The molecule has 0 fully saturated rings. The number of nitrogens with zero attached hydrogens (tertiary/aromatic N) is 2. The van der Waals surface area contributed by atoms with E-state index in [0.717, 1.165) is 6.54 Å². The quantitative estimate of drug-likeness (QED) is 0.346. The smallest absolute Gasteiger partial charge is 0.259 e. The third kappa shape index (κ3) is 3.10. The van der Waals surface area contributed by atoms with E-state index in [2.05, 4.69) is 101 Å². The van der Waals surface area contributed by atoms with Gasteiger partial charge in [0, 0.05) is 17.5 Å². The number of para-hydroxylation sites is 2. The first-order valence-electron chi connectivity index (χ1n) is 9.38. The summed E-state index contributed by atoms with van der Waals surface area (Å²) in [7, 11) is 0. The predicted octanol–water partition coefficient (Wildman–Crippen LogP) is 2.47. The molecule has 0 bridgehead atoms. The molecule has 4 aromatic rings. The predicted molar refractivity (Wildman–Crippen MR) is 113 cm³/mol. The zero-order valence-corrected chi connectivity index (χ0v) is 18.9. The summed E-state index contributed by atoms with van der Waals surface area (Å²) in [5.74, 6) is 1.26. The van der Waals surface area contributed by atoms with Crippen molar-refractivity contribution in [3.05, 3.63) is 84.2 Å². The molecule has 3 aromatic carbocycles. The largest absolute Gasteiger partial charge is 1.00 e. The lowest BCUT2D eigenvalue weighted by Crippen LogP contribution is -3.00. The van der Waals surface area contributed by atoms with E-state index in [4.69, 9.17) is 0 Å². The second-order valence-electron chi connectivity index (χ2n) is 6.85. The average molecular weight is 499 g/mol. The summed E-state index contributed by atoms with van der Waals surface area (Å²) in [4.78, 5) is 1.32. The molecule has 0 saturated heterocycles. The van der Waals surface area contributed by atoms with E-state index in [-0.39, 0.29) is 29.4 Å². The van der Waals surface area contributed by atoms with Gasteiger partial charge in [-0.1, -0.05) is 48.2 Å². The van der Waals surface area contributed by atoms with Gasteiger partial charge in [0.1, 0.15) is 11.1 Å². The highest BCUT2D eigenvalue weighted by Gasteiger charge is 2.26. The fraction of sp³-hybridized carbons (Fsp3) is 0.174. The summed E-state index contributed by atoms with van der Waals surface area (Å²) in [6.07, 6.45) is 0. The Balaban J connectivity index is 0.00000192. The highest BCUT2D eigenvalue weighted by atomic mass is 127. The normalized spacial score (nSPS) is 15.1. The minimum atomic E-state index is 0. The molecular formula is C23H22IN3S. The van der Waals surface area contributed by atoms with Gasteiger partial charge in [-0.25, -0.2) is 4.57 Å². The second-order valence-corrected chi connectivity index (χ2v) is 8.00. The molecule has 3 nitrogen and oxygen atoms in total. The molecule has 1 aromatic heterocycles. The standard InChI is InChI=1S/C23H22N3S.HI/c1-3-25-16(2)26(18-9-5-4-6-10-18)20-14-13-17(15-21(20)25)23-24-19-11-7-8-12-22(19)27-23;/h4-15,23-24H,3H2,1-2H3;1H/q+1;/p-1. The number of thioether (sulfide) groups is 1. The van der Waals surface area contributed by atoms with E-state index < -0.39 is 0 Å². The van der Waals surface area contributed by atoms with E-state index >= 15 is 0 Å². The molecule has 0 radical (unpaired) electrons. The van der Waals surface area contributed by atoms with Gasteiger partial charge in [0.25, 0.3) is 5.82 Å². The molecule has 1 atom stereocenters. The molecular weight excluding hydrogens is 477 g/mol. The van der Waals surface area contributed by atoms with Crippen molar-refractivity contribution in [2.45, 2.75) is 30.7 Å². The molecule has 2 heterocycles. The number of hydrogen-bond donors (Lipinski definition) is 1. The van der Waals surface area contributed by atoms with Crippen LogP contribution < -0.4 is 33.9 Å². The zero-order valence-electron chi connectivity index (χ0n) is 15.9. The summed E-state index contributed by atoms with van der Waals surface area (Å²) in [5.41, 5.74) is 6.30. The number of hydrogen-bond acceptors (Lipinski definition) is 2. The minimum absolute atomic E-state index is 0. The van der Waals surface area contributed by atoms with Gasteiger partial charge in [-0.3, -0.25) is 0 Å². The lowest BCUT2D eigenvalue weighted by Gasteiger charge is -2.10. The highest BCUT2D eigenvalue weighted by molar-refractivity contribution is 8.00. The van der Waals surface area contributed by atoms with Gasteiger partial charge in [-0.2, -0.15) is 4.57 Å². The Labute approximate surface area is 186 Å². The molecule has 0 amide bonds. The third-order valence-corrected chi connectivity index (χ3v) is 6.53. The van der Waals surface area contributed by atoms with Crippen LogP contribution >= 0.6 is 11.8 Å². The van der Waals surface area contributed by atoms with Crippen LogP contribution in [0.15, 0.2) is 77.7 Å². The van der Waals surface area contributed by atoms with Gasteiger partial charge in [-0.15, -0.1) is 0 Å². The van der Waals surface area contributed by atoms with Crippen LogP contribution in [0.25, 0.3) is 16.7 Å². The van der Waals surface area contributed by atoms with Gasteiger partial charge < -0.3 is 29.3 Å². The van der Waals surface area contributed by atoms with Crippen molar-refractivity contribution in [2.24, 2.45) is 0 Å². The Bertz CT molecular complexity index is 1110. The summed E-state index contributed by atoms with van der Waals surface area (Å²) in [6, 6.07) is 26.0. The number of aromatic nitrogens is 2. The molecule has 1 N–H and O–H groups in total. The van der Waals surface area contributed by atoms with Crippen molar-refractivity contribution in [1.29, 1.82) is 0 Å². The average Bonchev–Trinajstić information content (AvgIpc) is 3.26. The van der Waals surface area contributed by atoms with Gasteiger partial charge in [-0.05, 0) is 48.9 Å². The first-order valence-corrected chi connectivity index (χ1v) is 10.3. The summed E-state index contributed by atoms with van der Waals surface area (Å²) >= 11 is 1.89. The Hall–Kier alpha value is -1.99. The molecule has 1 aliphatic rings. The van der Waals surface area contributed by atoms with Crippen molar-refractivity contribution in [3.63, 3.8) is 0 Å². The SMILES string of the molecule is CC[n+]1c(C)n(-c2ccccc2)c2ccc(C3Nc4ccccc4S3)cc21.[I-]. The first kappa shape index (κ1) is 19.3. The minimum Gasteiger partial charge on any atom is -1.00 e. The van der Waals surface area contributed by atoms with Crippen molar-refractivity contribution in [1.82, 2.24) is 4.57 Å². The van der Waals surface area contributed by atoms with Crippen LogP contribution in [0.5, 0.6) is 0 Å². The van der Waals surface area contributed by atoms with Gasteiger partial charge in [0.15, 0.2) is 11.0 Å². The molecule has 0 aliphatic carbocycles. The Morgan fingerprint density at radius 1 is 1.00 bits per heavy atom. The van der Waals surface area contributed by atoms with E-state index in [0.29, 0.717) is 0 Å². The van der Waals surface area contributed by atoms with Crippen LogP contribution in [-0.4, -0.2) is 4.57 Å². The number of benzene rings is 3. The number of nitrogens with one attached hydrogen (secondary N) is 1. The lowest BCUT2D eigenvalue weighted by molar-refractivity contribution is -0.674. The van der Waals surface area contributed by atoms with E-state index in [1.54, 1.807) is 0 Å². The maximum absolute atomic E-state index is 3.65. The Kier molecular flexibility index (Phi) is 5.38. The fourth-order valence-electron chi connectivity index (χ4n) is 4.02. The van der Waals surface area contributed by atoms with Gasteiger partial charge in [0.2, 0.25) is 0 Å².